The molecule has 1 fully saturated rings. The molecule has 1 aliphatic heterocycles. The van der Waals surface area contributed by atoms with E-state index in [0.29, 0.717) is 23.7 Å². The van der Waals surface area contributed by atoms with Crippen LogP contribution in [0, 0.1) is 0 Å². The van der Waals surface area contributed by atoms with Crippen LogP contribution < -0.4 is 5.56 Å². The molecule has 0 unspecified atom stereocenters. The van der Waals surface area contributed by atoms with Gasteiger partial charge in [-0.1, -0.05) is 35.5 Å². The standard InChI is InChI=1S/C19H16N4O3S/c24-19-13-9-15(12-5-2-1-3-6-12)27-18(13)20-11-23(19)10-16-21-17(26-22-16)14-7-4-8-25-14/h1-3,5-6,9,11,14H,4,7-8,10H2/t14-/m0/s1. The van der Waals surface area contributed by atoms with Crippen molar-refractivity contribution in [1.29, 1.82) is 0 Å². The van der Waals surface area contributed by atoms with Crippen LogP contribution in [-0.2, 0) is 11.3 Å². The quantitative estimate of drug-likeness (QED) is 0.540. The van der Waals surface area contributed by atoms with E-state index in [0.717, 1.165) is 28.1 Å². The Labute approximate surface area is 158 Å². The van der Waals surface area contributed by atoms with Gasteiger partial charge < -0.3 is 9.26 Å². The highest BCUT2D eigenvalue weighted by atomic mass is 32.1. The summed E-state index contributed by atoms with van der Waals surface area (Å²) in [4.78, 5) is 23.4. The van der Waals surface area contributed by atoms with Gasteiger partial charge >= 0.3 is 0 Å². The third kappa shape index (κ3) is 3.07. The van der Waals surface area contributed by atoms with Crippen molar-refractivity contribution in [2.45, 2.75) is 25.5 Å². The molecule has 1 atom stereocenters. The van der Waals surface area contributed by atoms with E-state index in [9.17, 15) is 4.79 Å². The van der Waals surface area contributed by atoms with Gasteiger partial charge in [0.15, 0.2) is 5.82 Å². The topological polar surface area (TPSA) is 83.0 Å². The second kappa shape index (κ2) is 6.71. The number of thiophene rings is 1. The Kier molecular flexibility index (Phi) is 4.06. The maximum absolute atomic E-state index is 12.9. The normalized spacial score (nSPS) is 17.0. The molecule has 8 heteroatoms. The van der Waals surface area contributed by atoms with Crippen LogP contribution in [0.3, 0.4) is 0 Å². The molecule has 0 saturated carbocycles. The summed E-state index contributed by atoms with van der Waals surface area (Å²) in [5.74, 6) is 0.925. The summed E-state index contributed by atoms with van der Waals surface area (Å²) in [6.45, 7) is 0.929. The van der Waals surface area contributed by atoms with Gasteiger partial charge in [-0.3, -0.25) is 9.36 Å². The number of nitrogens with zero attached hydrogens (tertiary/aromatic N) is 4. The molecule has 0 aliphatic carbocycles. The molecular weight excluding hydrogens is 364 g/mol. The molecule has 0 spiro atoms. The third-order valence-corrected chi connectivity index (χ3v) is 5.67. The molecule has 1 aliphatic rings. The van der Waals surface area contributed by atoms with Crippen LogP contribution in [0.1, 0.15) is 30.7 Å². The summed E-state index contributed by atoms with van der Waals surface area (Å²) in [5.41, 5.74) is 0.965. The average Bonchev–Trinajstić information content (AvgIpc) is 3.45. The molecule has 3 aromatic heterocycles. The van der Waals surface area contributed by atoms with Gasteiger partial charge in [-0.2, -0.15) is 4.98 Å². The van der Waals surface area contributed by atoms with Crippen molar-refractivity contribution in [3.63, 3.8) is 0 Å². The lowest BCUT2D eigenvalue weighted by Crippen LogP contribution is -2.21. The number of ether oxygens (including phenoxy) is 1. The van der Waals surface area contributed by atoms with Crippen LogP contribution in [0.4, 0.5) is 0 Å². The minimum atomic E-state index is -0.131. The van der Waals surface area contributed by atoms with Crippen LogP contribution in [0.2, 0.25) is 0 Å². The minimum absolute atomic E-state index is 0.109. The first-order valence-electron chi connectivity index (χ1n) is 8.76. The first kappa shape index (κ1) is 16.3. The maximum atomic E-state index is 12.9. The van der Waals surface area contributed by atoms with Gasteiger partial charge in [0.05, 0.1) is 18.3 Å². The molecule has 0 N–H and O–H groups in total. The fourth-order valence-electron chi connectivity index (χ4n) is 3.20. The largest absolute Gasteiger partial charge is 0.368 e. The number of fused-ring (bicyclic) bond motifs is 1. The zero-order valence-electron chi connectivity index (χ0n) is 14.4. The molecule has 27 heavy (non-hydrogen) atoms. The van der Waals surface area contributed by atoms with Gasteiger partial charge in [0.1, 0.15) is 10.9 Å². The van der Waals surface area contributed by atoms with Gasteiger partial charge in [0.25, 0.3) is 11.4 Å². The third-order valence-electron chi connectivity index (χ3n) is 4.58. The molecule has 0 bridgehead atoms. The van der Waals surface area contributed by atoms with Crippen molar-refractivity contribution in [3.8, 4) is 10.4 Å². The lowest BCUT2D eigenvalue weighted by Gasteiger charge is -2.01. The van der Waals surface area contributed by atoms with E-state index in [1.807, 2.05) is 36.4 Å². The van der Waals surface area contributed by atoms with Crippen molar-refractivity contribution >= 4 is 21.6 Å². The highest BCUT2D eigenvalue weighted by molar-refractivity contribution is 7.21. The summed E-state index contributed by atoms with van der Waals surface area (Å²) in [5, 5.41) is 4.58. The number of hydrogen-bond acceptors (Lipinski definition) is 7. The van der Waals surface area contributed by atoms with Crippen molar-refractivity contribution < 1.29 is 9.26 Å². The van der Waals surface area contributed by atoms with Crippen molar-refractivity contribution in [3.05, 3.63) is 64.8 Å². The summed E-state index contributed by atoms with van der Waals surface area (Å²) in [7, 11) is 0. The van der Waals surface area contributed by atoms with Crippen molar-refractivity contribution in [2.75, 3.05) is 6.61 Å². The molecule has 136 valence electrons. The van der Waals surface area contributed by atoms with Gasteiger partial charge in [0.2, 0.25) is 0 Å². The van der Waals surface area contributed by atoms with Crippen LogP contribution in [0.5, 0.6) is 0 Å². The van der Waals surface area contributed by atoms with Gasteiger partial charge in [-0.15, -0.1) is 11.3 Å². The van der Waals surface area contributed by atoms with E-state index in [-0.39, 0.29) is 18.2 Å². The van der Waals surface area contributed by atoms with E-state index in [1.165, 1.54) is 22.2 Å². The lowest BCUT2D eigenvalue weighted by molar-refractivity contribution is 0.0835. The highest BCUT2D eigenvalue weighted by Crippen LogP contribution is 2.30. The van der Waals surface area contributed by atoms with Crippen molar-refractivity contribution in [1.82, 2.24) is 19.7 Å². The SMILES string of the molecule is O=c1c2cc(-c3ccccc3)sc2ncn1Cc1noc([C@@H]2CCCO2)n1. The second-order valence-corrected chi connectivity index (χ2v) is 7.45. The Morgan fingerprint density at radius 2 is 2.15 bits per heavy atom. The molecule has 5 rings (SSSR count). The van der Waals surface area contributed by atoms with E-state index in [1.54, 1.807) is 0 Å². The summed E-state index contributed by atoms with van der Waals surface area (Å²) in [6.07, 6.45) is 3.28. The van der Waals surface area contributed by atoms with Gasteiger partial charge in [-0.25, -0.2) is 4.98 Å². The molecule has 1 aromatic carbocycles. The minimum Gasteiger partial charge on any atom is -0.368 e. The molecule has 0 radical (unpaired) electrons. The van der Waals surface area contributed by atoms with Crippen molar-refractivity contribution in [2.24, 2.45) is 0 Å². The lowest BCUT2D eigenvalue weighted by atomic mass is 10.2. The maximum Gasteiger partial charge on any atom is 0.262 e. The number of benzene rings is 1. The van der Waals surface area contributed by atoms with Crippen LogP contribution in [0.25, 0.3) is 20.7 Å². The molecule has 1 saturated heterocycles. The Bertz CT molecular complexity index is 1140. The summed E-state index contributed by atoms with van der Waals surface area (Å²) >= 11 is 1.51. The van der Waals surface area contributed by atoms with E-state index in [2.05, 4.69) is 15.1 Å². The molecular formula is C19H16N4O3S. The number of rotatable bonds is 4. The fraction of sp³-hybridized carbons (Fsp3) is 0.263. The summed E-state index contributed by atoms with van der Waals surface area (Å²) < 4.78 is 12.4. The Balaban J connectivity index is 1.45. The van der Waals surface area contributed by atoms with E-state index >= 15 is 0 Å². The zero-order chi connectivity index (χ0) is 18.2. The zero-order valence-corrected chi connectivity index (χ0v) is 15.2. The Hall–Kier alpha value is -2.84. The van der Waals surface area contributed by atoms with Crippen LogP contribution in [-0.4, -0.2) is 26.3 Å². The number of hydrogen-bond donors (Lipinski definition) is 0. The van der Waals surface area contributed by atoms with E-state index in [4.69, 9.17) is 9.26 Å². The fourth-order valence-corrected chi connectivity index (χ4v) is 4.20. The number of aromatic nitrogens is 4. The smallest absolute Gasteiger partial charge is 0.262 e. The summed E-state index contributed by atoms with van der Waals surface area (Å²) in [6, 6.07) is 11.9. The molecule has 7 nitrogen and oxygen atoms in total. The predicted octanol–water partition coefficient (Wildman–Crippen LogP) is 3.41. The van der Waals surface area contributed by atoms with Crippen LogP contribution in [0.15, 0.2) is 52.0 Å². The predicted molar refractivity (Wildman–Crippen MR) is 101 cm³/mol. The van der Waals surface area contributed by atoms with Gasteiger partial charge in [-0.05, 0) is 24.5 Å². The second-order valence-electron chi connectivity index (χ2n) is 6.42. The molecule has 0 amide bonds. The Morgan fingerprint density at radius 1 is 1.26 bits per heavy atom. The molecule has 4 heterocycles. The first-order chi connectivity index (χ1) is 13.3. The van der Waals surface area contributed by atoms with Crippen LogP contribution >= 0.6 is 11.3 Å². The van der Waals surface area contributed by atoms with Gasteiger partial charge in [0, 0.05) is 11.5 Å². The Morgan fingerprint density at radius 3 is 2.96 bits per heavy atom. The monoisotopic (exact) mass is 380 g/mol. The highest BCUT2D eigenvalue weighted by Gasteiger charge is 2.24. The first-order valence-corrected chi connectivity index (χ1v) is 9.58. The van der Waals surface area contributed by atoms with E-state index < -0.39 is 0 Å². The average molecular weight is 380 g/mol. The molecule has 4 aromatic rings.